The van der Waals surface area contributed by atoms with E-state index in [2.05, 4.69) is 0 Å². The Balaban J connectivity index is 0.000000845. The Bertz CT molecular complexity index is 474. The third kappa shape index (κ3) is 1.01. The first-order valence-electron chi connectivity index (χ1n) is 3.77. The first-order valence-corrected chi connectivity index (χ1v) is 3.77. The summed E-state index contributed by atoms with van der Waals surface area (Å²) in [6.45, 7) is 1.90. The highest BCUT2D eigenvalue weighted by atomic mass is 16.4. The molecule has 2 nitrogen and oxygen atoms in total. The van der Waals surface area contributed by atoms with Crippen LogP contribution in [0.25, 0.3) is 11.0 Å². The van der Waals surface area contributed by atoms with E-state index in [0.29, 0.717) is 5.58 Å². The predicted molar refractivity (Wildman–Crippen MR) is 49.3 cm³/mol. The Hall–Kier alpha value is -1.57. The van der Waals surface area contributed by atoms with E-state index < -0.39 is 0 Å². The van der Waals surface area contributed by atoms with Crippen molar-refractivity contribution in [2.24, 2.45) is 0 Å². The largest absolute Gasteiger partial charge is 0.423 e. The molecule has 0 radical (unpaired) electrons. The highest BCUT2D eigenvalue weighted by Gasteiger charge is 1.98. The van der Waals surface area contributed by atoms with Gasteiger partial charge in [-0.15, -0.1) is 0 Å². The molecule has 0 spiro atoms. The van der Waals surface area contributed by atoms with Gasteiger partial charge in [0, 0.05) is 12.9 Å². The van der Waals surface area contributed by atoms with Crippen LogP contribution in [0.3, 0.4) is 0 Å². The summed E-state index contributed by atoms with van der Waals surface area (Å²) in [5, 5.41) is 0.997. The molecular formula is C10H10O2. The van der Waals surface area contributed by atoms with E-state index in [-0.39, 0.29) is 7.05 Å². The maximum Gasteiger partial charge on any atom is 0.336 e. The molecule has 1 aromatic carbocycles. The highest BCUT2D eigenvalue weighted by Crippen LogP contribution is 2.14. The third-order valence-electron chi connectivity index (χ3n) is 1.86. The molecule has 0 fully saturated rings. The number of hydrogen-bond donors (Lipinski definition) is 0. The minimum Gasteiger partial charge on any atom is -0.423 e. The number of hydrogen-bond acceptors (Lipinski definition) is 2. The second-order valence-electron chi connectivity index (χ2n) is 2.74. The summed E-state index contributed by atoms with van der Waals surface area (Å²) in [5.74, 6) is 0. The van der Waals surface area contributed by atoms with Crippen LogP contribution in [0.15, 0.2) is 39.5 Å². The zero-order chi connectivity index (χ0) is 8.55. The van der Waals surface area contributed by atoms with Gasteiger partial charge in [0.1, 0.15) is 5.58 Å². The van der Waals surface area contributed by atoms with Gasteiger partial charge >= 0.3 is 5.63 Å². The van der Waals surface area contributed by atoms with E-state index in [1.54, 1.807) is 6.07 Å². The van der Waals surface area contributed by atoms with Crippen molar-refractivity contribution in [1.29, 1.82) is 0 Å². The van der Waals surface area contributed by atoms with Gasteiger partial charge in [0.25, 0.3) is 0 Å². The number of benzene rings is 1. The van der Waals surface area contributed by atoms with Gasteiger partial charge < -0.3 is 4.42 Å². The summed E-state index contributed by atoms with van der Waals surface area (Å²) in [6, 6.07) is 9.01. The van der Waals surface area contributed by atoms with Gasteiger partial charge in [0.15, 0.2) is 0 Å². The highest BCUT2D eigenvalue weighted by molar-refractivity contribution is 5.79. The van der Waals surface area contributed by atoms with Crippen molar-refractivity contribution in [3.63, 3.8) is 0 Å². The fourth-order valence-electron chi connectivity index (χ4n) is 1.27. The molecule has 0 saturated heterocycles. The van der Waals surface area contributed by atoms with Crippen molar-refractivity contribution in [2.45, 2.75) is 6.92 Å². The van der Waals surface area contributed by atoms with Crippen LogP contribution < -0.4 is 5.63 Å². The third-order valence-corrected chi connectivity index (χ3v) is 1.86. The average molecular weight is 162 g/mol. The van der Waals surface area contributed by atoms with Gasteiger partial charge in [-0.2, -0.15) is 0 Å². The Morgan fingerprint density at radius 3 is 2.92 bits per heavy atom. The Labute approximate surface area is 70.9 Å². The van der Waals surface area contributed by atoms with Gasteiger partial charge in [0.2, 0.25) is 0 Å². The lowest BCUT2D eigenvalue weighted by Crippen LogP contribution is -1.97. The summed E-state index contributed by atoms with van der Waals surface area (Å²) in [7, 11) is 0. The van der Waals surface area contributed by atoms with Crippen LogP contribution >= 0.6 is 0 Å². The Kier molecular flexibility index (Phi) is 1.47. The molecule has 2 heteroatoms. The Morgan fingerprint density at radius 1 is 1.33 bits per heavy atom. The standard InChI is InChI=1S/C10H8O2.H2/c1-7-6-10(11)12-9-5-3-2-4-8(7)9;/h2-6H,1H3;1H. The molecule has 0 aliphatic heterocycles. The van der Waals surface area contributed by atoms with Crippen LogP contribution in [0.5, 0.6) is 0 Å². The first kappa shape index (κ1) is 7.10. The molecular weight excluding hydrogens is 152 g/mol. The van der Waals surface area contributed by atoms with E-state index in [0.717, 1.165) is 10.9 Å². The van der Waals surface area contributed by atoms with E-state index in [4.69, 9.17) is 4.42 Å². The minimum atomic E-state index is -0.286. The fourth-order valence-corrected chi connectivity index (χ4v) is 1.27. The molecule has 2 aromatic rings. The molecule has 12 heavy (non-hydrogen) atoms. The molecule has 0 saturated carbocycles. The quantitative estimate of drug-likeness (QED) is 0.556. The van der Waals surface area contributed by atoms with Crippen molar-refractivity contribution in [3.05, 3.63) is 46.3 Å². The number of aryl methyl sites for hydroxylation is 1. The number of rotatable bonds is 0. The first-order chi connectivity index (χ1) is 5.77. The van der Waals surface area contributed by atoms with Gasteiger partial charge in [-0.3, -0.25) is 0 Å². The molecule has 0 bridgehead atoms. The Morgan fingerprint density at radius 2 is 2.08 bits per heavy atom. The number of para-hydroxylation sites is 1. The van der Waals surface area contributed by atoms with Crippen LogP contribution in [-0.2, 0) is 0 Å². The minimum absolute atomic E-state index is 0. The predicted octanol–water partition coefficient (Wildman–Crippen LogP) is 2.35. The van der Waals surface area contributed by atoms with Gasteiger partial charge in [0.05, 0.1) is 0 Å². The monoisotopic (exact) mass is 162 g/mol. The molecule has 0 unspecified atom stereocenters. The molecule has 0 aliphatic carbocycles. The second-order valence-corrected chi connectivity index (χ2v) is 2.74. The summed E-state index contributed by atoms with van der Waals surface area (Å²) < 4.78 is 4.99. The van der Waals surface area contributed by atoms with Crippen LogP contribution in [0.4, 0.5) is 0 Å². The van der Waals surface area contributed by atoms with Crippen molar-refractivity contribution >= 4 is 11.0 Å². The van der Waals surface area contributed by atoms with E-state index in [1.165, 1.54) is 6.07 Å². The second kappa shape index (κ2) is 2.48. The molecule has 0 N–H and O–H groups in total. The van der Waals surface area contributed by atoms with Crippen molar-refractivity contribution in [1.82, 2.24) is 0 Å². The molecule has 62 valence electrons. The molecule has 0 amide bonds. The molecule has 1 aromatic heterocycles. The van der Waals surface area contributed by atoms with Crippen LogP contribution in [0, 0.1) is 6.92 Å². The summed E-state index contributed by atoms with van der Waals surface area (Å²) >= 11 is 0. The molecule has 2 rings (SSSR count). The van der Waals surface area contributed by atoms with Crippen molar-refractivity contribution in [2.75, 3.05) is 0 Å². The SMILES string of the molecule is Cc1cc(=O)oc2ccccc12.[HH]. The molecule has 0 aliphatic rings. The van der Waals surface area contributed by atoms with Crippen molar-refractivity contribution in [3.8, 4) is 0 Å². The maximum absolute atomic E-state index is 10.9. The summed E-state index contributed by atoms with van der Waals surface area (Å²) in [5.41, 5.74) is 1.33. The summed E-state index contributed by atoms with van der Waals surface area (Å²) in [6.07, 6.45) is 0. The number of fused-ring (bicyclic) bond motifs is 1. The zero-order valence-corrected chi connectivity index (χ0v) is 6.70. The molecule has 1 heterocycles. The van der Waals surface area contributed by atoms with Crippen LogP contribution in [0.2, 0.25) is 0 Å². The smallest absolute Gasteiger partial charge is 0.336 e. The lowest BCUT2D eigenvalue weighted by molar-refractivity contribution is 0.560. The van der Waals surface area contributed by atoms with Gasteiger partial charge in [-0.25, -0.2) is 4.79 Å². The maximum atomic E-state index is 10.9. The lowest BCUT2D eigenvalue weighted by atomic mass is 10.1. The fraction of sp³-hybridized carbons (Fsp3) is 0.100. The average Bonchev–Trinajstić information content (AvgIpc) is 2.04. The van der Waals surface area contributed by atoms with Crippen LogP contribution in [0.1, 0.15) is 6.99 Å². The topological polar surface area (TPSA) is 30.2 Å². The van der Waals surface area contributed by atoms with Gasteiger partial charge in [-0.1, -0.05) is 18.2 Å². The molecule has 0 atom stereocenters. The van der Waals surface area contributed by atoms with Crippen LogP contribution in [-0.4, -0.2) is 0 Å². The van der Waals surface area contributed by atoms with E-state index >= 15 is 0 Å². The lowest BCUT2D eigenvalue weighted by Gasteiger charge is -1.97. The van der Waals surface area contributed by atoms with E-state index in [9.17, 15) is 4.79 Å². The van der Waals surface area contributed by atoms with E-state index in [1.807, 2.05) is 25.1 Å². The zero-order valence-electron chi connectivity index (χ0n) is 6.70. The van der Waals surface area contributed by atoms with Crippen molar-refractivity contribution < 1.29 is 5.84 Å². The normalized spacial score (nSPS) is 10.4. The summed E-state index contributed by atoms with van der Waals surface area (Å²) in [4.78, 5) is 10.9. The van der Waals surface area contributed by atoms with Gasteiger partial charge in [-0.05, 0) is 18.6 Å².